The van der Waals surface area contributed by atoms with Gasteiger partial charge in [0.05, 0.1) is 11.5 Å². The average Bonchev–Trinajstić information content (AvgIpc) is 1.65. The molecule has 46 valence electrons. The Kier molecular flexibility index (Phi) is 1.56. The van der Waals surface area contributed by atoms with Crippen LogP contribution in [0.5, 0.6) is 0 Å². The SMILES string of the molecule is O=S1(=O)C[C]CCC1. The third kappa shape index (κ3) is 1.47. The average molecular weight is 132 g/mol. The second kappa shape index (κ2) is 2.05. The molecular weight excluding hydrogens is 124 g/mol. The van der Waals surface area contributed by atoms with E-state index in [1.54, 1.807) is 0 Å². The number of hydrogen-bond acceptors (Lipinski definition) is 2. The Morgan fingerprint density at radius 3 is 2.38 bits per heavy atom. The normalized spacial score (nSPS) is 27.5. The molecule has 0 aromatic heterocycles. The smallest absolute Gasteiger partial charge is 0.150 e. The van der Waals surface area contributed by atoms with Gasteiger partial charge in [0.15, 0.2) is 9.84 Å². The van der Waals surface area contributed by atoms with Crippen LogP contribution in [0.15, 0.2) is 0 Å². The monoisotopic (exact) mass is 132 g/mol. The summed E-state index contributed by atoms with van der Waals surface area (Å²) in [6.45, 7) is 0. The summed E-state index contributed by atoms with van der Waals surface area (Å²) < 4.78 is 21.2. The second-order valence-corrected chi connectivity index (χ2v) is 4.13. The van der Waals surface area contributed by atoms with Gasteiger partial charge in [-0.05, 0) is 19.3 Å². The standard InChI is InChI=1S/C5H8O2S/c6-8(7)4-2-1-3-5-8/h1-2,4-5H2. The Hall–Kier alpha value is -0.0500. The molecule has 0 bridgehead atoms. The highest BCUT2D eigenvalue weighted by atomic mass is 32.2. The molecule has 0 aromatic rings. The maximum atomic E-state index is 10.6. The van der Waals surface area contributed by atoms with Crippen molar-refractivity contribution in [1.82, 2.24) is 0 Å². The first-order chi connectivity index (χ1) is 3.71. The molecule has 1 saturated heterocycles. The maximum Gasteiger partial charge on any atom is 0.150 e. The molecule has 0 amide bonds. The van der Waals surface area contributed by atoms with Gasteiger partial charge >= 0.3 is 0 Å². The van der Waals surface area contributed by atoms with Crippen molar-refractivity contribution >= 4 is 9.84 Å². The van der Waals surface area contributed by atoms with E-state index < -0.39 is 9.84 Å². The number of rotatable bonds is 0. The zero-order chi connectivity index (χ0) is 6.04. The molecule has 0 aliphatic carbocycles. The summed E-state index contributed by atoms with van der Waals surface area (Å²) in [5.74, 6) is 0.535. The molecular formula is C5H8O2S. The van der Waals surface area contributed by atoms with Crippen LogP contribution in [-0.4, -0.2) is 19.9 Å². The molecule has 2 nitrogen and oxygen atoms in total. The first-order valence-corrected chi connectivity index (χ1v) is 4.44. The predicted molar refractivity (Wildman–Crippen MR) is 31.1 cm³/mol. The van der Waals surface area contributed by atoms with E-state index in [9.17, 15) is 8.42 Å². The molecule has 1 heterocycles. The van der Waals surface area contributed by atoms with Crippen LogP contribution in [0.3, 0.4) is 0 Å². The molecule has 0 spiro atoms. The molecule has 8 heavy (non-hydrogen) atoms. The van der Waals surface area contributed by atoms with E-state index in [1.807, 2.05) is 0 Å². The van der Waals surface area contributed by atoms with Gasteiger partial charge in [-0.1, -0.05) is 0 Å². The van der Waals surface area contributed by atoms with E-state index in [1.165, 1.54) is 0 Å². The van der Waals surface area contributed by atoms with Gasteiger partial charge < -0.3 is 0 Å². The van der Waals surface area contributed by atoms with Crippen molar-refractivity contribution in [3.63, 3.8) is 0 Å². The molecule has 1 rings (SSSR count). The minimum atomic E-state index is -2.69. The molecule has 0 N–H and O–H groups in total. The molecule has 1 fully saturated rings. The van der Waals surface area contributed by atoms with Crippen molar-refractivity contribution in [3.8, 4) is 0 Å². The van der Waals surface area contributed by atoms with Gasteiger partial charge in [-0.25, -0.2) is 8.42 Å². The van der Waals surface area contributed by atoms with Crippen molar-refractivity contribution in [3.05, 3.63) is 6.42 Å². The minimum Gasteiger partial charge on any atom is -0.229 e. The molecule has 0 saturated carbocycles. The third-order valence-corrected chi connectivity index (χ3v) is 2.69. The van der Waals surface area contributed by atoms with Gasteiger partial charge in [0.1, 0.15) is 0 Å². The zero-order valence-electron chi connectivity index (χ0n) is 4.55. The Balaban J connectivity index is 2.58. The molecule has 0 atom stereocenters. The highest BCUT2D eigenvalue weighted by Crippen LogP contribution is 2.08. The van der Waals surface area contributed by atoms with Gasteiger partial charge in [-0.2, -0.15) is 0 Å². The Bertz CT molecular complexity index is 145. The van der Waals surface area contributed by atoms with Crippen LogP contribution in [0, 0.1) is 6.42 Å². The molecule has 0 aromatic carbocycles. The highest BCUT2D eigenvalue weighted by molar-refractivity contribution is 7.91. The molecule has 0 unspecified atom stereocenters. The van der Waals surface area contributed by atoms with Crippen LogP contribution >= 0.6 is 0 Å². The van der Waals surface area contributed by atoms with Crippen molar-refractivity contribution < 1.29 is 8.42 Å². The molecule has 3 heteroatoms. The molecule has 2 radical (unpaired) electrons. The predicted octanol–water partition coefficient (Wildman–Crippen LogP) is 0.276. The Labute approximate surface area is 49.8 Å². The summed E-state index contributed by atoms with van der Waals surface area (Å²) in [4.78, 5) is 0. The van der Waals surface area contributed by atoms with Gasteiger partial charge in [-0.3, -0.25) is 0 Å². The van der Waals surface area contributed by atoms with E-state index in [0.717, 1.165) is 12.8 Å². The lowest BCUT2D eigenvalue weighted by molar-refractivity contribution is 0.588. The Morgan fingerprint density at radius 2 is 2.12 bits per heavy atom. The van der Waals surface area contributed by atoms with Crippen molar-refractivity contribution in [2.24, 2.45) is 0 Å². The van der Waals surface area contributed by atoms with Gasteiger partial charge in [0, 0.05) is 0 Å². The summed E-state index contributed by atoms with van der Waals surface area (Å²) in [5, 5.41) is 0. The summed E-state index contributed by atoms with van der Waals surface area (Å²) in [5.41, 5.74) is 0. The van der Waals surface area contributed by atoms with E-state index in [4.69, 9.17) is 0 Å². The van der Waals surface area contributed by atoms with Crippen molar-refractivity contribution in [1.29, 1.82) is 0 Å². The van der Waals surface area contributed by atoms with Crippen LogP contribution in [0.2, 0.25) is 0 Å². The second-order valence-electron chi connectivity index (χ2n) is 1.95. The van der Waals surface area contributed by atoms with Crippen LogP contribution in [-0.2, 0) is 9.84 Å². The number of sulfone groups is 1. The van der Waals surface area contributed by atoms with Gasteiger partial charge in [0.2, 0.25) is 0 Å². The van der Waals surface area contributed by atoms with E-state index in [2.05, 4.69) is 6.42 Å². The maximum absolute atomic E-state index is 10.6. The van der Waals surface area contributed by atoms with Crippen LogP contribution < -0.4 is 0 Å². The van der Waals surface area contributed by atoms with Crippen molar-refractivity contribution in [2.45, 2.75) is 12.8 Å². The van der Waals surface area contributed by atoms with Crippen molar-refractivity contribution in [2.75, 3.05) is 11.5 Å². The van der Waals surface area contributed by atoms with E-state index in [-0.39, 0.29) is 5.75 Å². The lowest BCUT2D eigenvalue weighted by Crippen LogP contribution is -2.16. The van der Waals surface area contributed by atoms with E-state index >= 15 is 0 Å². The summed E-state index contributed by atoms with van der Waals surface area (Å²) >= 11 is 0. The van der Waals surface area contributed by atoms with E-state index in [0.29, 0.717) is 5.75 Å². The van der Waals surface area contributed by atoms with Gasteiger partial charge in [-0.15, -0.1) is 0 Å². The summed E-state index contributed by atoms with van der Waals surface area (Å²) in [7, 11) is -2.69. The minimum absolute atomic E-state index is 0.174. The fourth-order valence-electron chi connectivity index (χ4n) is 0.717. The molecule has 1 aliphatic heterocycles. The van der Waals surface area contributed by atoms with Crippen LogP contribution in [0.4, 0.5) is 0 Å². The topological polar surface area (TPSA) is 34.1 Å². The zero-order valence-corrected chi connectivity index (χ0v) is 5.37. The summed E-state index contributed by atoms with van der Waals surface area (Å²) in [6.07, 6.45) is 4.40. The summed E-state index contributed by atoms with van der Waals surface area (Å²) in [6, 6.07) is 0. The lowest BCUT2D eigenvalue weighted by atomic mass is 10.3. The Morgan fingerprint density at radius 1 is 1.38 bits per heavy atom. The quantitative estimate of drug-likeness (QED) is 0.474. The largest absolute Gasteiger partial charge is 0.229 e. The fraction of sp³-hybridized carbons (Fsp3) is 0.800. The first-order valence-electron chi connectivity index (χ1n) is 2.62. The molecule has 1 aliphatic rings. The first kappa shape index (κ1) is 6.08. The number of hydrogen-bond donors (Lipinski definition) is 0. The van der Waals surface area contributed by atoms with Crippen LogP contribution in [0.1, 0.15) is 12.8 Å². The van der Waals surface area contributed by atoms with Gasteiger partial charge in [0.25, 0.3) is 0 Å². The third-order valence-electron chi connectivity index (χ3n) is 1.13. The fourth-order valence-corrected chi connectivity index (χ4v) is 1.90. The van der Waals surface area contributed by atoms with Crippen LogP contribution in [0.25, 0.3) is 0 Å². The highest BCUT2D eigenvalue weighted by Gasteiger charge is 2.14. The lowest BCUT2D eigenvalue weighted by Gasteiger charge is -2.07.